The second-order valence-corrected chi connectivity index (χ2v) is 4.69. The van der Waals surface area contributed by atoms with Crippen molar-refractivity contribution in [1.29, 1.82) is 0 Å². The summed E-state index contributed by atoms with van der Waals surface area (Å²) in [5, 5.41) is 5.51. The number of nitrogens with zero attached hydrogens (tertiary/aromatic N) is 3. The van der Waals surface area contributed by atoms with Crippen LogP contribution in [0.2, 0.25) is 0 Å². The van der Waals surface area contributed by atoms with Crippen LogP contribution in [0, 0.1) is 0 Å². The Balaban J connectivity index is 2.06. The minimum absolute atomic E-state index is 0.0526. The third kappa shape index (κ3) is 3.78. The number of hydrazine groups is 1. The van der Waals surface area contributed by atoms with Crippen molar-refractivity contribution in [2.24, 2.45) is 5.84 Å². The van der Waals surface area contributed by atoms with Gasteiger partial charge in [-0.1, -0.05) is 0 Å². The number of anilines is 2. The second-order valence-electron chi connectivity index (χ2n) is 3.71. The number of rotatable bonds is 5. The minimum atomic E-state index is -4.63. The predicted molar refractivity (Wildman–Crippen MR) is 69.2 cm³/mol. The molecule has 0 radical (unpaired) electrons. The zero-order valence-electron chi connectivity index (χ0n) is 10.1. The van der Waals surface area contributed by atoms with Gasteiger partial charge in [-0.05, 0) is 0 Å². The molecular formula is C10H11F3N6S. The highest BCUT2D eigenvalue weighted by Gasteiger charge is 2.35. The molecule has 2 aromatic rings. The first-order valence-electron chi connectivity index (χ1n) is 5.54. The van der Waals surface area contributed by atoms with Gasteiger partial charge in [-0.15, -0.1) is 11.3 Å². The van der Waals surface area contributed by atoms with Gasteiger partial charge in [0.2, 0.25) is 5.82 Å². The number of aromatic nitrogens is 3. The van der Waals surface area contributed by atoms with Crippen molar-refractivity contribution in [2.45, 2.75) is 12.6 Å². The van der Waals surface area contributed by atoms with E-state index in [9.17, 15) is 13.2 Å². The standard InChI is InChI=1S/C10H11F3N6S/c11-10(12,13)9-17-6(5-7(18-9)19-14)15-2-1-8-16-3-4-20-8/h3-5H,1-2,14H2,(H2,15,17,18,19). The highest BCUT2D eigenvalue weighted by molar-refractivity contribution is 7.09. The van der Waals surface area contributed by atoms with Crippen molar-refractivity contribution in [2.75, 3.05) is 17.3 Å². The Morgan fingerprint density at radius 3 is 2.60 bits per heavy atom. The molecule has 2 rings (SSSR count). The van der Waals surface area contributed by atoms with E-state index in [-0.39, 0.29) is 11.6 Å². The lowest BCUT2D eigenvalue weighted by atomic mass is 10.4. The average Bonchev–Trinajstić information content (AvgIpc) is 2.90. The highest BCUT2D eigenvalue weighted by Crippen LogP contribution is 2.28. The summed E-state index contributed by atoms with van der Waals surface area (Å²) in [4.78, 5) is 10.7. The molecule has 0 saturated heterocycles. The Morgan fingerprint density at radius 2 is 2.00 bits per heavy atom. The zero-order chi connectivity index (χ0) is 14.6. The summed E-state index contributed by atoms with van der Waals surface area (Å²) < 4.78 is 37.8. The van der Waals surface area contributed by atoms with Crippen molar-refractivity contribution in [3.63, 3.8) is 0 Å². The minimum Gasteiger partial charge on any atom is -0.369 e. The van der Waals surface area contributed by atoms with Crippen LogP contribution < -0.4 is 16.6 Å². The van der Waals surface area contributed by atoms with E-state index in [4.69, 9.17) is 5.84 Å². The molecule has 0 unspecified atom stereocenters. The number of nitrogen functional groups attached to an aromatic ring is 1. The molecule has 10 heteroatoms. The summed E-state index contributed by atoms with van der Waals surface area (Å²) in [6.45, 7) is 0.409. The number of hydrogen-bond donors (Lipinski definition) is 3. The molecule has 6 nitrogen and oxygen atoms in total. The van der Waals surface area contributed by atoms with E-state index in [2.05, 4.69) is 25.7 Å². The maximum absolute atomic E-state index is 12.6. The fourth-order valence-electron chi connectivity index (χ4n) is 1.41. The summed E-state index contributed by atoms with van der Waals surface area (Å²) >= 11 is 1.48. The molecule has 0 aliphatic heterocycles. The molecule has 0 fully saturated rings. The van der Waals surface area contributed by atoms with Crippen molar-refractivity contribution in [3.8, 4) is 0 Å². The van der Waals surface area contributed by atoms with E-state index in [1.807, 2.05) is 5.38 Å². The van der Waals surface area contributed by atoms with E-state index >= 15 is 0 Å². The molecule has 2 heterocycles. The van der Waals surface area contributed by atoms with Crippen molar-refractivity contribution in [1.82, 2.24) is 15.0 Å². The van der Waals surface area contributed by atoms with Crippen LogP contribution >= 0.6 is 11.3 Å². The Bertz CT molecular complexity index is 557. The molecule has 4 N–H and O–H groups in total. The number of thiazole rings is 1. The van der Waals surface area contributed by atoms with Gasteiger partial charge >= 0.3 is 6.18 Å². The summed E-state index contributed by atoms with van der Waals surface area (Å²) in [5.74, 6) is 3.79. The topological polar surface area (TPSA) is 88.8 Å². The number of hydrogen-bond acceptors (Lipinski definition) is 7. The number of nitrogens with two attached hydrogens (primary N) is 1. The molecule has 0 atom stereocenters. The lowest BCUT2D eigenvalue weighted by Gasteiger charge is -2.10. The number of nitrogens with one attached hydrogen (secondary N) is 2. The number of alkyl halides is 3. The second kappa shape index (κ2) is 6.01. The lowest BCUT2D eigenvalue weighted by Crippen LogP contribution is -2.17. The normalized spacial score (nSPS) is 11.4. The summed E-state index contributed by atoms with van der Waals surface area (Å²) in [5.41, 5.74) is 2.08. The lowest BCUT2D eigenvalue weighted by molar-refractivity contribution is -0.144. The zero-order valence-corrected chi connectivity index (χ0v) is 10.9. The Hall–Kier alpha value is -1.94. The summed E-state index contributed by atoms with van der Waals surface area (Å²) in [7, 11) is 0. The molecule has 0 aromatic carbocycles. The van der Waals surface area contributed by atoms with E-state index in [1.54, 1.807) is 6.20 Å². The molecule has 108 valence electrons. The highest BCUT2D eigenvalue weighted by atomic mass is 32.1. The van der Waals surface area contributed by atoms with E-state index < -0.39 is 12.0 Å². The number of halogens is 3. The van der Waals surface area contributed by atoms with Crippen molar-refractivity contribution >= 4 is 23.0 Å². The van der Waals surface area contributed by atoms with Gasteiger partial charge in [-0.25, -0.2) is 20.8 Å². The summed E-state index contributed by atoms with van der Waals surface area (Å²) in [6, 6.07) is 1.30. The van der Waals surface area contributed by atoms with Crippen LogP contribution in [-0.2, 0) is 12.6 Å². The van der Waals surface area contributed by atoms with Crippen LogP contribution in [0.15, 0.2) is 17.6 Å². The largest absolute Gasteiger partial charge is 0.451 e. The van der Waals surface area contributed by atoms with Crippen LogP contribution in [0.5, 0.6) is 0 Å². The molecule has 0 bridgehead atoms. The average molecular weight is 304 g/mol. The van der Waals surface area contributed by atoms with Crippen molar-refractivity contribution in [3.05, 3.63) is 28.5 Å². The van der Waals surface area contributed by atoms with E-state index in [0.29, 0.717) is 13.0 Å². The van der Waals surface area contributed by atoms with Gasteiger partial charge in [0.25, 0.3) is 0 Å². The van der Waals surface area contributed by atoms with Crippen LogP contribution in [0.4, 0.5) is 24.8 Å². The van der Waals surface area contributed by atoms with Gasteiger partial charge in [-0.3, -0.25) is 0 Å². The van der Waals surface area contributed by atoms with Gasteiger partial charge in [-0.2, -0.15) is 13.2 Å². The van der Waals surface area contributed by atoms with Gasteiger partial charge in [0.1, 0.15) is 11.6 Å². The van der Waals surface area contributed by atoms with Crippen molar-refractivity contribution < 1.29 is 13.2 Å². The Morgan fingerprint density at radius 1 is 1.25 bits per heavy atom. The molecule has 0 aliphatic carbocycles. The first kappa shape index (κ1) is 14.5. The molecule has 0 amide bonds. The third-order valence-electron chi connectivity index (χ3n) is 2.26. The fraction of sp³-hybridized carbons (Fsp3) is 0.300. The quantitative estimate of drug-likeness (QED) is 0.577. The smallest absolute Gasteiger partial charge is 0.369 e. The van der Waals surface area contributed by atoms with E-state index in [1.165, 1.54) is 17.4 Å². The van der Waals surface area contributed by atoms with Gasteiger partial charge < -0.3 is 10.7 Å². The van der Waals surface area contributed by atoms with Gasteiger partial charge in [0.05, 0.1) is 5.01 Å². The monoisotopic (exact) mass is 304 g/mol. The first-order chi connectivity index (χ1) is 9.49. The van der Waals surface area contributed by atoms with Crippen LogP contribution in [-0.4, -0.2) is 21.5 Å². The SMILES string of the molecule is NNc1cc(NCCc2nccs2)nc(C(F)(F)F)n1. The molecule has 20 heavy (non-hydrogen) atoms. The van der Waals surface area contributed by atoms with E-state index in [0.717, 1.165) is 5.01 Å². The summed E-state index contributed by atoms with van der Waals surface area (Å²) in [6.07, 6.45) is -2.37. The third-order valence-corrected chi connectivity index (χ3v) is 3.10. The molecule has 0 saturated carbocycles. The predicted octanol–water partition coefficient (Wildman–Crippen LogP) is 1.89. The van der Waals surface area contributed by atoms with Crippen LogP contribution in [0.25, 0.3) is 0 Å². The molecular weight excluding hydrogens is 293 g/mol. The Kier molecular flexibility index (Phi) is 4.35. The molecule has 0 spiro atoms. The Labute approximate surface area is 116 Å². The molecule has 0 aliphatic rings. The van der Waals surface area contributed by atoms with Gasteiger partial charge in [0.15, 0.2) is 0 Å². The van der Waals surface area contributed by atoms with Gasteiger partial charge in [0, 0.05) is 30.6 Å². The maximum Gasteiger partial charge on any atom is 0.451 e. The fourth-order valence-corrected chi connectivity index (χ4v) is 2.03. The van der Waals surface area contributed by atoms with Crippen LogP contribution in [0.1, 0.15) is 10.8 Å². The molecule has 2 aromatic heterocycles. The maximum atomic E-state index is 12.6. The van der Waals surface area contributed by atoms with Crippen LogP contribution in [0.3, 0.4) is 0 Å². The first-order valence-corrected chi connectivity index (χ1v) is 6.42.